The number of pyridine rings is 1. The number of fused-ring (bicyclic) bond motifs is 1. The Labute approximate surface area is 200 Å². The number of hydrogen-bond donors (Lipinski definition) is 1. The van der Waals surface area contributed by atoms with Gasteiger partial charge in [0.25, 0.3) is 0 Å². The molecule has 0 bridgehead atoms. The number of alkyl halides is 3. The fourth-order valence-electron chi connectivity index (χ4n) is 4.13. The molecule has 1 unspecified atom stereocenters. The minimum atomic E-state index is -4.38. The summed E-state index contributed by atoms with van der Waals surface area (Å²) in [5.74, 6) is 1.30. The predicted octanol–water partition coefficient (Wildman–Crippen LogP) is 6.36. The van der Waals surface area contributed by atoms with Crippen molar-refractivity contribution in [3.63, 3.8) is 0 Å². The van der Waals surface area contributed by atoms with Crippen LogP contribution in [0, 0.1) is 0 Å². The molecule has 3 heterocycles. The van der Waals surface area contributed by atoms with Crippen molar-refractivity contribution in [2.75, 3.05) is 12.1 Å². The van der Waals surface area contributed by atoms with Crippen LogP contribution in [0.4, 0.5) is 18.9 Å². The fraction of sp³-hybridized carbons (Fsp3) is 0.185. The van der Waals surface area contributed by atoms with E-state index in [0.29, 0.717) is 13.0 Å². The standard InChI is InChI=1S/C27H23F3N4O/c28-27(29,30)23-2-1-3-24(17-23)33-35-15-11-19-4-6-21(7-5-19)25-18-32-26-16-22(10-14-34(25)26)20-8-12-31-13-9-20/h1-10,12-14,17-18,22,33H,11,15-16H2. The van der Waals surface area contributed by atoms with Gasteiger partial charge in [-0.1, -0.05) is 36.4 Å². The zero-order valence-electron chi connectivity index (χ0n) is 18.7. The van der Waals surface area contributed by atoms with E-state index in [4.69, 9.17) is 4.84 Å². The van der Waals surface area contributed by atoms with Crippen LogP contribution in [0.2, 0.25) is 0 Å². The number of hydrogen-bond acceptors (Lipinski definition) is 4. The van der Waals surface area contributed by atoms with Gasteiger partial charge in [-0.25, -0.2) is 4.98 Å². The van der Waals surface area contributed by atoms with Crippen LogP contribution in [0.1, 0.15) is 28.4 Å². The van der Waals surface area contributed by atoms with Crippen molar-refractivity contribution in [3.8, 4) is 11.3 Å². The molecule has 2 aromatic carbocycles. The number of imidazole rings is 1. The smallest absolute Gasteiger partial charge is 0.303 e. The lowest BCUT2D eigenvalue weighted by Gasteiger charge is -2.19. The van der Waals surface area contributed by atoms with E-state index < -0.39 is 11.7 Å². The zero-order chi connectivity index (χ0) is 24.3. The third-order valence-corrected chi connectivity index (χ3v) is 6.00. The summed E-state index contributed by atoms with van der Waals surface area (Å²) in [5, 5.41) is 0. The van der Waals surface area contributed by atoms with E-state index in [1.54, 1.807) is 0 Å². The Bertz CT molecular complexity index is 1310. The van der Waals surface area contributed by atoms with E-state index in [-0.39, 0.29) is 11.6 Å². The van der Waals surface area contributed by atoms with Crippen molar-refractivity contribution < 1.29 is 18.0 Å². The largest absolute Gasteiger partial charge is 0.416 e. The average molecular weight is 477 g/mol. The van der Waals surface area contributed by atoms with E-state index >= 15 is 0 Å². The van der Waals surface area contributed by atoms with Crippen LogP contribution < -0.4 is 5.48 Å². The molecule has 2 aromatic heterocycles. The van der Waals surface area contributed by atoms with Crippen LogP contribution in [0.15, 0.2) is 85.3 Å². The first kappa shape index (κ1) is 22.9. The van der Waals surface area contributed by atoms with Gasteiger partial charge in [-0.05, 0) is 47.9 Å². The molecule has 0 saturated heterocycles. The monoisotopic (exact) mass is 476 g/mol. The Morgan fingerprint density at radius 1 is 1.03 bits per heavy atom. The Morgan fingerprint density at radius 2 is 1.83 bits per heavy atom. The Morgan fingerprint density at radius 3 is 2.60 bits per heavy atom. The average Bonchev–Trinajstić information content (AvgIpc) is 3.31. The summed E-state index contributed by atoms with van der Waals surface area (Å²) in [6, 6.07) is 17.1. The molecule has 0 amide bonds. The molecule has 0 spiro atoms. The molecule has 0 radical (unpaired) electrons. The summed E-state index contributed by atoms with van der Waals surface area (Å²) in [7, 11) is 0. The van der Waals surface area contributed by atoms with Gasteiger partial charge >= 0.3 is 6.18 Å². The first-order valence-electron chi connectivity index (χ1n) is 11.3. The van der Waals surface area contributed by atoms with Crippen LogP contribution in [0.3, 0.4) is 0 Å². The number of anilines is 1. The number of aromatic nitrogens is 3. The summed E-state index contributed by atoms with van der Waals surface area (Å²) in [6.07, 6.45) is 6.84. The molecule has 0 aliphatic carbocycles. The second kappa shape index (κ2) is 9.76. The highest BCUT2D eigenvalue weighted by Gasteiger charge is 2.30. The maximum Gasteiger partial charge on any atom is 0.416 e. The van der Waals surface area contributed by atoms with Crippen molar-refractivity contribution in [1.82, 2.24) is 14.5 Å². The lowest BCUT2D eigenvalue weighted by Crippen LogP contribution is -2.10. The summed E-state index contributed by atoms with van der Waals surface area (Å²) in [5.41, 5.74) is 6.50. The predicted molar refractivity (Wildman–Crippen MR) is 128 cm³/mol. The molecular weight excluding hydrogens is 453 g/mol. The van der Waals surface area contributed by atoms with E-state index in [1.807, 2.05) is 55.0 Å². The van der Waals surface area contributed by atoms with Crippen molar-refractivity contribution in [2.24, 2.45) is 0 Å². The quantitative estimate of drug-likeness (QED) is 0.249. The van der Waals surface area contributed by atoms with Crippen LogP contribution >= 0.6 is 0 Å². The van der Waals surface area contributed by atoms with E-state index in [1.165, 1.54) is 17.7 Å². The van der Waals surface area contributed by atoms with Gasteiger partial charge in [0.15, 0.2) is 0 Å². The van der Waals surface area contributed by atoms with Gasteiger partial charge in [0.1, 0.15) is 5.82 Å². The molecule has 5 rings (SSSR count). The fourth-order valence-corrected chi connectivity index (χ4v) is 4.13. The number of halogens is 3. The van der Waals surface area contributed by atoms with Crippen molar-refractivity contribution in [1.29, 1.82) is 0 Å². The van der Waals surface area contributed by atoms with Crippen LogP contribution in [-0.2, 0) is 23.9 Å². The van der Waals surface area contributed by atoms with Gasteiger partial charge < -0.3 is 4.57 Å². The first-order chi connectivity index (χ1) is 17.0. The molecule has 8 heteroatoms. The molecule has 35 heavy (non-hydrogen) atoms. The number of allylic oxidation sites excluding steroid dienone is 1. The number of rotatable bonds is 7. The van der Waals surface area contributed by atoms with E-state index in [9.17, 15) is 13.2 Å². The first-order valence-corrected chi connectivity index (χ1v) is 11.3. The number of nitrogens with one attached hydrogen (secondary N) is 1. The SMILES string of the molecule is FC(F)(F)c1cccc(NOCCc2ccc(-c3cnc4n3C=CC(c3ccncc3)C4)cc2)c1. The lowest BCUT2D eigenvalue weighted by molar-refractivity contribution is -0.137. The normalized spacial score (nSPS) is 15.1. The molecule has 0 fully saturated rings. The molecule has 4 aromatic rings. The lowest BCUT2D eigenvalue weighted by atomic mass is 9.94. The van der Waals surface area contributed by atoms with Crippen molar-refractivity contribution >= 4 is 11.9 Å². The highest BCUT2D eigenvalue weighted by Crippen LogP contribution is 2.31. The van der Waals surface area contributed by atoms with E-state index in [2.05, 4.69) is 32.3 Å². The molecule has 0 saturated carbocycles. The van der Waals surface area contributed by atoms with Gasteiger partial charge in [0.05, 0.1) is 29.7 Å². The molecule has 1 N–H and O–H groups in total. The molecular formula is C27H23F3N4O. The minimum absolute atomic E-state index is 0.264. The van der Waals surface area contributed by atoms with Crippen LogP contribution in [0.25, 0.3) is 17.5 Å². The van der Waals surface area contributed by atoms with Crippen molar-refractivity contribution in [2.45, 2.75) is 24.9 Å². The summed E-state index contributed by atoms with van der Waals surface area (Å²) in [4.78, 5) is 14.1. The molecule has 1 aliphatic heterocycles. The second-order valence-corrected chi connectivity index (χ2v) is 8.34. The van der Waals surface area contributed by atoms with Crippen LogP contribution in [0.5, 0.6) is 0 Å². The van der Waals surface area contributed by atoms with Gasteiger partial charge in [0.2, 0.25) is 0 Å². The van der Waals surface area contributed by atoms with Gasteiger partial charge in [-0.15, -0.1) is 0 Å². The van der Waals surface area contributed by atoms with E-state index in [0.717, 1.165) is 41.2 Å². The van der Waals surface area contributed by atoms with Gasteiger partial charge in [0, 0.05) is 36.5 Å². The second-order valence-electron chi connectivity index (χ2n) is 8.34. The third kappa shape index (κ3) is 5.27. The van der Waals surface area contributed by atoms with Crippen molar-refractivity contribution in [3.05, 3.63) is 108 Å². The molecule has 1 atom stereocenters. The highest BCUT2D eigenvalue weighted by molar-refractivity contribution is 5.63. The third-order valence-electron chi connectivity index (χ3n) is 6.00. The zero-order valence-corrected chi connectivity index (χ0v) is 18.7. The number of benzene rings is 2. The maximum atomic E-state index is 12.8. The summed E-state index contributed by atoms with van der Waals surface area (Å²) < 4.78 is 40.6. The maximum absolute atomic E-state index is 12.8. The van der Waals surface area contributed by atoms with Gasteiger partial charge in [-0.3, -0.25) is 15.3 Å². The van der Waals surface area contributed by atoms with Gasteiger partial charge in [-0.2, -0.15) is 13.2 Å². The Hall–Kier alpha value is -3.91. The number of nitrogens with zero attached hydrogens (tertiary/aromatic N) is 3. The molecule has 178 valence electrons. The Balaban J connectivity index is 1.17. The molecule has 5 nitrogen and oxygen atoms in total. The molecule has 1 aliphatic rings. The summed E-state index contributed by atoms with van der Waals surface area (Å²) in [6.45, 7) is 0.316. The van der Waals surface area contributed by atoms with Crippen LogP contribution in [-0.4, -0.2) is 21.1 Å². The topological polar surface area (TPSA) is 52.0 Å². The Kier molecular flexibility index (Phi) is 6.37. The summed E-state index contributed by atoms with van der Waals surface area (Å²) >= 11 is 0. The minimum Gasteiger partial charge on any atom is -0.303 e. The highest BCUT2D eigenvalue weighted by atomic mass is 19.4.